The molecule has 0 spiro atoms. The molecule has 8 heteroatoms. The van der Waals surface area contributed by atoms with E-state index in [0.29, 0.717) is 19.4 Å². The third-order valence-corrected chi connectivity index (χ3v) is 3.69. The van der Waals surface area contributed by atoms with Crippen molar-refractivity contribution in [3.8, 4) is 0 Å². The van der Waals surface area contributed by atoms with Crippen LogP contribution in [0.2, 0.25) is 0 Å². The molecular weight excluding hydrogens is 307 g/mol. The fraction of sp³-hybridized carbons (Fsp3) is 0.400. The summed E-state index contributed by atoms with van der Waals surface area (Å²) in [6.45, 7) is 0.501. The molecule has 0 radical (unpaired) electrons. The third kappa shape index (κ3) is 3.97. The first kappa shape index (κ1) is 16.7. The van der Waals surface area contributed by atoms with Crippen LogP contribution < -0.4 is 5.32 Å². The number of carbonyl (C=O) groups is 3. The summed E-state index contributed by atoms with van der Waals surface area (Å²) >= 11 is 0. The first-order chi connectivity index (χ1) is 10.9. The molecule has 0 aliphatic carbocycles. The molecule has 0 aromatic heterocycles. The summed E-state index contributed by atoms with van der Waals surface area (Å²) in [5.74, 6) is -3.01. The lowest BCUT2D eigenvalue weighted by atomic mass is 9.99. The number of anilines is 1. The Morgan fingerprint density at radius 2 is 2.13 bits per heavy atom. The number of esters is 1. The Morgan fingerprint density at radius 3 is 2.74 bits per heavy atom. The van der Waals surface area contributed by atoms with Gasteiger partial charge in [-0.1, -0.05) is 0 Å². The molecule has 0 bridgehead atoms. The monoisotopic (exact) mass is 324 g/mol. The highest BCUT2D eigenvalue weighted by Gasteiger charge is 2.28. The first-order valence-corrected chi connectivity index (χ1v) is 7.09. The molecule has 2 amide bonds. The second kappa shape index (κ2) is 7.08. The van der Waals surface area contributed by atoms with Crippen molar-refractivity contribution in [1.82, 2.24) is 4.90 Å². The molecule has 0 saturated carbocycles. The average molecular weight is 324 g/mol. The van der Waals surface area contributed by atoms with E-state index in [9.17, 15) is 18.8 Å². The number of amides is 2. The highest BCUT2D eigenvalue weighted by Crippen LogP contribution is 2.20. The highest BCUT2D eigenvalue weighted by atomic mass is 19.1. The molecule has 1 aromatic rings. The van der Waals surface area contributed by atoms with E-state index in [1.165, 1.54) is 24.1 Å². The van der Waals surface area contributed by atoms with Gasteiger partial charge in [-0.3, -0.25) is 4.79 Å². The normalized spacial score (nSPS) is 17.5. The minimum absolute atomic E-state index is 0.0342. The predicted octanol–water partition coefficient (Wildman–Crippen LogP) is 1.94. The largest absolute Gasteiger partial charge is 0.481 e. The van der Waals surface area contributed by atoms with E-state index >= 15 is 0 Å². The van der Waals surface area contributed by atoms with Crippen molar-refractivity contribution in [2.45, 2.75) is 12.8 Å². The number of nitrogens with one attached hydrogen (secondary N) is 1. The molecule has 2 rings (SSSR count). The lowest BCUT2D eigenvalue weighted by molar-refractivity contribution is -0.143. The molecule has 7 nitrogen and oxygen atoms in total. The lowest BCUT2D eigenvalue weighted by Crippen LogP contribution is -2.44. The smallest absolute Gasteiger partial charge is 0.337 e. The van der Waals surface area contributed by atoms with Gasteiger partial charge in [0.25, 0.3) is 0 Å². The molecular formula is C15H17FN2O5. The number of methoxy groups -OCH3 is 1. The maximum absolute atomic E-state index is 13.9. The number of urea groups is 1. The third-order valence-electron chi connectivity index (χ3n) is 3.69. The second-order valence-corrected chi connectivity index (χ2v) is 5.24. The number of aliphatic carboxylic acids is 1. The Morgan fingerprint density at radius 1 is 1.39 bits per heavy atom. The number of hydrogen-bond acceptors (Lipinski definition) is 4. The van der Waals surface area contributed by atoms with Crippen molar-refractivity contribution >= 4 is 23.7 Å². The second-order valence-electron chi connectivity index (χ2n) is 5.24. The topological polar surface area (TPSA) is 95.9 Å². The maximum Gasteiger partial charge on any atom is 0.337 e. The first-order valence-electron chi connectivity index (χ1n) is 7.09. The van der Waals surface area contributed by atoms with E-state index in [1.54, 1.807) is 0 Å². The maximum atomic E-state index is 13.9. The van der Waals surface area contributed by atoms with Crippen molar-refractivity contribution in [3.05, 3.63) is 29.6 Å². The minimum atomic E-state index is -0.948. The molecule has 23 heavy (non-hydrogen) atoms. The number of piperidine rings is 1. The zero-order valence-corrected chi connectivity index (χ0v) is 12.5. The summed E-state index contributed by atoms with van der Waals surface area (Å²) in [7, 11) is 1.19. The number of hydrogen-bond donors (Lipinski definition) is 2. The number of halogens is 1. The van der Waals surface area contributed by atoms with Crippen LogP contribution >= 0.6 is 0 Å². The van der Waals surface area contributed by atoms with Crippen LogP contribution in [0.4, 0.5) is 14.9 Å². The zero-order valence-electron chi connectivity index (χ0n) is 12.5. The Balaban J connectivity index is 2.05. The summed E-state index contributed by atoms with van der Waals surface area (Å²) in [5.41, 5.74) is -0.0491. The molecule has 1 atom stereocenters. The van der Waals surface area contributed by atoms with Crippen LogP contribution in [-0.2, 0) is 9.53 Å². The van der Waals surface area contributed by atoms with Gasteiger partial charge in [0.05, 0.1) is 24.3 Å². The number of ether oxygens (including phenoxy) is 1. The molecule has 2 N–H and O–H groups in total. The Kier molecular flexibility index (Phi) is 5.15. The molecule has 1 aliphatic rings. The summed E-state index contributed by atoms with van der Waals surface area (Å²) in [5, 5.41) is 11.4. The highest BCUT2D eigenvalue weighted by molar-refractivity contribution is 5.92. The Labute approximate surface area is 132 Å². The predicted molar refractivity (Wildman–Crippen MR) is 78.7 cm³/mol. The minimum Gasteiger partial charge on any atom is -0.481 e. The molecule has 1 aromatic carbocycles. The van der Waals surface area contributed by atoms with Gasteiger partial charge in [-0.2, -0.15) is 0 Å². The molecule has 1 unspecified atom stereocenters. The number of carboxylic acid groups (broad SMARTS) is 1. The lowest BCUT2D eigenvalue weighted by Gasteiger charge is -2.30. The number of carbonyl (C=O) groups excluding carboxylic acids is 2. The van der Waals surface area contributed by atoms with Gasteiger partial charge in [-0.25, -0.2) is 14.0 Å². The average Bonchev–Trinajstić information content (AvgIpc) is 2.55. The van der Waals surface area contributed by atoms with Gasteiger partial charge in [0.15, 0.2) is 0 Å². The van der Waals surface area contributed by atoms with E-state index in [0.717, 1.165) is 6.07 Å². The van der Waals surface area contributed by atoms with Gasteiger partial charge in [-0.15, -0.1) is 0 Å². The quantitative estimate of drug-likeness (QED) is 0.828. The number of benzene rings is 1. The fourth-order valence-electron chi connectivity index (χ4n) is 2.42. The van der Waals surface area contributed by atoms with Crippen LogP contribution in [0, 0.1) is 11.7 Å². The Bertz CT molecular complexity index is 634. The van der Waals surface area contributed by atoms with E-state index in [4.69, 9.17) is 5.11 Å². The molecule has 124 valence electrons. The van der Waals surface area contributed by atoms with Crippen molar-refractivity contribution in [2.75, 3.05) is 25.5 Å². The van der Waals surface area contributed by atoms with Gasteiger partial charge >= 0.3 is 18.0 Å². The fourth-order valence-corrected chi connectivity index (χ4v) is 2.42. The van der Waals surface area contributed by atoms with Crippen LogP contribution in [0.1, 0.15) is 23.2 Å². The van der Waals surface area contributed by atoms with Crippen molar-refractivity contribution < 1.29 is 28.6 Å². The van der Waals surface area contributed by atoms with Gasteiger partial charge in [0.2, 0.25) is 0 Å². The van der Waals surface area contributed by atoms with Gasteiger partial charge in [-0.05, 0) is 31.0 Å². The van der Waals surface area contributed by atoms with Crippen molar-refractivity contribution in [3.63, 3.8) is 0 Å². The van der Waals surface area contributed by atoms with Crippen LogP contribution in [0.3, 0.4) is 0 Å². The van der Waals surface area contributed by atoms with E-state index < -0.39 is 29.7 Å². The van der Waals surface area contributed by atoms with Crippen molar-refractivity contribution in [2.24, 2.45) is 5.92 Å². The van der Waals surface area contributed by atoms with Crippen LogP contribution in [0.25, 0.3) is 0 Å². The summed E-state index contributed by atoms with van der Waals surface area (Å²) in [6.07, 6.45) is 1.09. The van der Waals surface area contributed by atoms with Crippen LogP contribution in [0.15, 0.2) is 18.2 Å². The Hall–Kier alpha value is -2.64. The van der Waals surface area contributed by atoms with Crippen molar-refractivity contribution in [1.29, 1.82) is 0 Å². The van der Waals surface area contributed by atoms with Gasteiger partial charge in [0.1, 0.15) is 5.82 Å². The number of nitrogens with zero attached hydrogens (tertiary/aromatic N) is 1. The zero-order chi connectivity index (χ0) is 17.0. The number of likely N-dealkylation sites (tertiary alicyclic amines) is 1. The number of carboxylic acids is 1. The molecule has 1 fully saturated rings. The number of rotatable bonds is 3. The van der Waals surface area contributed by atoms with Crippen LogP contribution in [-0.4, -0.2) is 48.2 Å². The SMILES string of the molecule is COC(=O)c1ccc(NC(=O)N2CCCC(C(=O)O)C2)c(F)c1. The van der Waals surface area contributed by atoms with E-state index in [2.05, 4.69) is 10.1 Å². The van der Waals surface area contributed by atoms with E-state index in [1.807, 2.05) is 0 Å². The molecule has 1 heterocycles. The summed E-state index contributed by atoms with van der Waals surface area (Å²) in [4.78, 5) is 35.8. The molecule has 1 aliphatic heterocycles. The summed E-state index contributed by atoms with van der Waals surface area (Å²) in [6, 6.07) is 3.00. The van der Waals surface area contributed by atoms with E-state index in [-0.39, 0.29) is 17.8 Å². The van der Waals surface area contributed by atoms with Gasteiger partial charge < -0.3 is 20.1 Å². The summed E-state index contributed by atoms with van der Waals surface area (Å²) < 4.78 is 18.4. The van der Waals surface area contributed by atoms with Crippen LogP contribution in [0.5, 0.6) is 0 Å². The molecule has 1 saturated heterocycles. The standard InChI is InChI=1S/C15H17FN2O5/c1-23-14(21)9-4-5-12(11(16)7-9)17-15(22)18-6-2-3-10(8-18)13(19)20/h4-5,7,10H,2-3,6,8H2,1H3,(H,17,22)(H,19,20). The van der Waals surface area contributed by atoms with Gasteiger partial charge in [0, 0.05) is 13.1 Å².